The normalized spacial score (nSPS) is 22.3. The van der Waals surface area contributed by atoms with Crippen LogP contribution in [0.3, 0.4) is 0 Å². The van der Waals surface area contributed by atoms with Gasteiger partial charge in [0.2, 0.25) is 0 Å². The van der Waals surface area contributed by atoms with Crippen LogP contribution in [0, 0.1) is 40.4 Å². The van der Waals surface area contributed by atoms with E-state index >= 15 is 0 Å². The fourth-order valence-electron chi connectivity index (χ4n) is 9.66. The third-order valence-corrected chi connectivity index (χ3v) is 11.2. The van der Waals surface area contributed by atoms with Crippen LogP contribution in [0.25, 0.3) is 55.8 Å². The topological polar surface area (TPSA) is 73.4 Å². The van der Waals surface area contributed by atoms with E-state index in [9.17, 15) is 10.5 Å². The van der Waals surface area contributed by atoms with E-state index in [1.165, 1.54) is 54.9 Å². The first-order valence-electron chi connectivity index (χ1n) is 17.1. The molecule has 0 atom stereocenters. The smallest absolute Gasteiger partial charge is 0.160 e. The first-order valence-corrected chi connectivity index (χ1v) is 17.1. The maximum Gasteiger partial charge on any atom is 0.160 e. The van der Waals surface area contributed by atoms with Crippen LogP contribution in [0.1, 0.15) is 55.2 Å². The Labute approximate surface area is 281 Å². The summed E-state index contributed by atoms with van der Waals surface area (Å²) in [7, 11) is 0. The predicted octanol–water partition coefficient (Wildman–Crippen LogP) is 10.5. The standard InChI is InChI=1S/C44H34N4/c45-26-31-18-32(27-46)20-36(19-31)42-22-41(47-43(48-42)33-7-2-1-3-8-33)35-10-6-9-34(21-35)37-13-14-40(39-12-5-4-11-38(37)39)44-23-28-15-29(24-44)17-30(16-28)25-44/h1-14,18-22,28-30H,15-17,23-25H2. The molecule has 4 saturated carbocycles. The van der Waals surface area contributed by atoms with Gasteiger partial charge in [0.15, 0.2) is 5.82 Å². The lowest BCUT2D eigenvalue weighted by Crippen LogP contribution is -2.48. The second-order valence-corrected chi connectivity index (χ2v) is 14.3. The SMILES string of the molecule is N#Cc1cc(C#N)cc(-c2cc(-c3cccc(-c4ccc(C56CC7CC(CC(C7)C5)C6)c5ccccc45)c3)nc(-c3ccccc3)n2)c1. The Morgan fingerprint density at radius 3 is 1.77 bits per heavy atom. The van der Waals surface area contributed by atoms with Gasteiger partial charge in [0.1, 0.15) is 0 Å². The summed E-state index contributed by atoms with van der Waals surface area (Å²) in [4.78, 5) is 9.99. The van der Waals surface area contributed by atoms with Crippen molar-refractivity contribution in [2.75, 3.05) is 0 Å². The number of benzene rings is 5. The van der Waals surface area contributed by atoms with E-state index in [4.69, 9.17) is 9.97 Å². The monoisotopic (exact) mass is 618 g/mol. The molecule has 230 valence electrons. The number of nitriles is 2. The lowest BCUT2D eigenvalue weighted by Gasteiger charge is -2.57. The van der Waals surface area contributed by atoms with Gasteiger partial charge in [-0.3, -0.25) is 0 Å². The highest BCUT2D eigenvalue weighted by Crippen LogP contribution is 2.61. The Morgan fingerprint density at radius 1 is 0.521 bits per heavy atom. The van der Waals surface area contributed by atoms with E-state index in [0.29, 0.717) is 33.6 Å². The van der Waals surface area contributed by atoms with Crippen molar-refractivity contribution in [3.05, 3.63) is 132 Å². The zero-order valence-corrected chi connectivity index (χ0v) is 26.7. The second-order valence-electron chi connectivity index (χ2n) is 14.3. The number of fused-ring (bicyclic) bond motifs is 1. The first kappa shape index (κ1) is 28.6. The van der Waals surface area contributed by atoms with E-state index in [0.717, 1.165) is 40.1 Å². The van der Waals surface area contributed by atoms with Crippen molar-refractivity contribution < 1.29 is 0 Å². The molecule has 0 N–H and O–H groups in total. The average molecular weight is 619 g/mol. The van der Waals surface area contributed by atoms with Crippen molar-refractivity contribution in [2.45, 2.75) is 43.9 Å². The van der Waals surface area contributed by atoms with E-state index in [1.54, 1.807) is 23.8 Å². The van der Waals surface area contributed by atoms with Crippen molar-refractivity contribution in [3.63, 3.8) is 0 Å². The molecule has 5 aromatic carbocycles. The molecular weight excluding hydrogens is 585 g/mol. The number of nitrogens with zero attached hydrogens (tertiary/aromatic N) is 4. The van der Waals surface area contributed by atoms with Gasteiger partial charge >= 0.3 is 0 Å². The molecule has 0 saturated heterocycles. The van der Waals surface area contributed by atoms with Crippen LogP contribution < -0.4 is 0 Å². The van der Waals surface area contributed by atoms with Crippen LogP contribution in [0.2, 0.25) is 0 Å². The number of rotatable bonds is 5. The van der Waals surface area contributed by atoms with Crippen molar-refractivity contribution >= 4 is 10.8 Å². The minimum Gasteiger partial charge on any atom is -0.228 e. The molecule has 0 spiro atoms. The summed E-state index contributed by atoms with van der Waals surface area (Å²) in [5, 5.41) is 22.0. The Hall–Kier alpha value is -5.58. The lowest BCUT2D eigenvalue weighted by molar-refractivity contribution is -0.00449. The fourth-order valence-corrected chi connectivity index (χ4v) is 9.66. The van der Waals surface area contributed by atoms with Gasteiger partial charge in [-0.05, 0) is 119 Å². The van der Waals surface area contributed by atoms with E-state index < -0.39 is 0 Å². The minimum absolute atomic E-state index is 0.328. The molecule has 0 radical (unpaired) electrons. The Bertz CT molecular complexity index is 2240. The van der Waals surface area contributed by atoms with E-state index in [2.05, 4.69) is 72.8 Å². The second kappa shape index (κ2) is 11.3. The average Bonchev–Trinajstić information content (AvgIpc) is 3.13. The zero-order chi connectivity index (χ0) is 32.2. The zero-order valence-electron chi connectivity index (χ0n) is 26.7. The third kappa shape index (κ3) is 4.88. The van der Waals surface area contributed by atoms with Gasteiger partial charge in [-0.15, -0.1) is 0 Å². The largest absolute Gasteiger partial charge is 0.228 e. The van der Waals surface area contributed by atoms with E-state index in [-0.39, 0.29) is 0 Å². The van der Waals surface area contributed by atoms with Crippen molar-refractivity contribution in [1.29, 1.82) is 10.5 Å². The maximum atomic E-state index is 9.66. The molecule has 4 heteroatoms. The molecule has 4 fully saturated rings. The number of hydrogen-bond donors (Lipinski definition) is 0. The van der Waals surface area contributed by atoms with Gasteiger partial charge in [0, 0.05) is 16.7 Å². The van der Waals surface area contributed by atoms with Gasteiger partial charge in [-0.25, -0.2) is 9.97 Å². The highest BCUT2D eigenvalue weighted by Gasteiger charge is 2.52. The van der Waals surface area contributed by atoms with Crippen LogP contribution in [-0.4, -0.2) is 9.97 Å². The first-order chi connectivity index (χ1) is 23.6. The van der Waals surface area contributed by atoms with Crippen LogP contribution >= 0.6 is 0 Å². The molecule has 0 unspecified atom stereocenters. The molecule has 4 nitrogen and oxygen atoms in total. The predicted molar refractivity (Wildman–Crippen MR) is 191 cm³/mol. The summed E-state index contributed by atoms with van der Waals surface area (Å²) >= 11 is 0. The summed E-state index contributed by atoms with van der Waals surface area (Å²) < 4.78 is 0. The number of aromatic nitrogens is 2. The van der Waals surface area contributed by atoms with Gasteiger partial charge in [0.25, 0.3) is 0 Å². The molecule has 1 aromatic heterocycles. The summed E-state index contributed by atoms with van der Waals surface area (Å²) in [6, 6.07) is 44.0. The molecule has 10 rings (SSSR count). The lowest BCUT2D eigenvalue weighted by atomic mass is 9.47. The molecule has 4 bridgehead atoms. The minimum atomic E-state index is 0.328. The molecule has 4 aliphatic carbocycles. The Morgan fingerprint density at radius 2 is 1.10 bits per heavy atom. The van der Waals surface area contributed by atoms with Gasteiger partial charge < -0.3 is 0 Å². The fraction of sp³-hybridized carbons (Fsp3) is 0.227. The van der Waals surface area contributed by atoms with Crippen molar-refractivity contribution in [3.8, 4) is 57.2 Å². The Balaban J connectivity index is 1.17. The van der Waals surface area contributed by atoms with Gasteiger partial charge in [-0.1, -0.05) is 84.9 Å². The highest BCUT2D eigenvalue weighted by molar-refractivity contribution is 5.99. The molecule has 4 aliphatic rings. The van der Waals surface area contributed by atoms with Gasteiger partial charge in [0.05, 0.1) is 34.7 Å². The maximum absolute atomic E-state index is 9.66. The quantitative estimate of drug-likeness (QED) is 0.193. The Kier molecular flexibility index (Phi) is 6.73. The third-order valence-electron chi connectivity index (χ3n) is 11.2. The van der Waals surface area contributed by atoms with Crippen LogP contribution in [0.4, 0.5) is 0 Å². The molecular formula is C44H34N4. The summed E-state index contributed by atoms with van der Waals surface area (Å²) in [6.45, 7) is 0. The van der Waals surface area contributed by atoms with Crippen LogP contribution in [-0.2, 0) is 5.41 Å². The summed E-state index contributed by atoms with van der Waals surface area (Å²) in [6.07, 6.45) is 8.40. The molecule has 6 aromatic rings. The highest BCUT2D eigenvalue weighted by atomic mass is 14.9. The molecule has 0 aliphatic heterocycles. The molecule has 0 amide bonds. The summed E-state index contributed by atoms with van der Waals surface area (Å²) in [5.74, 6) is 3.30. The van der Waals surface area contributed by atoms with Crippen molar-refractivity contribution in [2.24, 2.45) is 17.8 Å². The van der Waals surface area contributed by atoms with E-state index in [1.807, 2.05) is 36.4 Å². The van der Waals surface area contributed by atoms with Gasteiger partial charge in [-0.2, -0.15) is 10.5 Å². The molecule has 1 heterocycles. The van der Waals surface area contributed by atoms with Crippen molar-refractivity contribution in [1.82, 2.24) is 9.97 Å². The molecule has 48 heavy (non-hydrogen) atoms. The van der Waals surface area contributed by atoms with Crippen LogP contribution in [0.15, 0.2) is 115 Å². The number of hydrogen-bond acceptors (Lipinski definition) is 4. The summed E-state index contributed by atoms with van der Waals surface area (Å²) in [5.41, 5.74) is 9.20. The van der Waals surface area contributed by atoms with Crippen LogP contribution in [0.5, 0.6) is 0 Å².